The van der Waals surface area contributed by atoms with Gasteiger partial charge in [-0.2, -0.15) is 0 Å². The summed E-state index contributed by atoms with van der Waals surface area (Å²) in [7, 11) is 0. The summed E-state index contributed by atoms with van der Waals surface area (Å²) in [6.07, 6.45) is 5.81. The van der Waals surface area contributed by atoms with E-state index in [9.17, 15) is 0 Å². The Balaban J connectivity index is 1.85. The molecule has 2 heterocycles. The first-order valence-electron chi connectivity index (χ1n) is 4.91. The monoisotopic (exact) mass is 218 g/mol. The van der Waals surface area contributed by atoms with Crippen molar-refractivity contribution in [2.75, 3.05) is 5.32 Å². The first kappa shape index (κ1) is 8.79. The highest BCUT2D eigenvalue weighted by molar-refractivity contribution is 7.09. The Hall–Kier alpha value is -1.49. The fourth-order valence-electron chi connectivity index (χ4n) is 1.96. The van der Waals surface area contributed by atoms with Crippen molar-refractivity contribution in [2.24, 2.45) is 0 Å². The second kappa shape index (κ2) is 3.58. The number of pyridine rings is 1. The third-order valence-electron chi connectivity index (χ3n) is 2.64. The third-order valence-corrected chi connectivity index (χ3v) is 3.23. The number of fused-ring (bicyclic) bond motifs is 1. The largest absolute Gasteiger partial charge is 0.366 e. The van der Waals surface area contributed by atoms with Crippen molar-refractivity contribution >= 4 is 16.5 Å². The average Bonchev–Trinajstić information content (AvgIpc) is 2.89. The van der Waals surface area contributed by atoms with Gasteiger partial charge in [0.2, 0.25) is 0 Å². The van der Waals surface area contributed by atoms with Gasteiger partial charge in [-0.1, -0.05) is 10.6 Å². The van der Waals surface area contributed by atoms with Gasteiger partial charge in [0.1, 0.15) is 5.00 Å². The lowest BCUT2D eigenvalue weighted by molar-refractivity contribution is 0.748. The lowest BCUT2D eigenvalue weighted by atomic mass is 10.2. The van der Waals surface area contributed by atoms with Gasteiger partial charge in [-0.3, -0.25) is 4.98 Å². The molecule has 1 N–H and O–H groups in total. The molecule has 0 saturated carbocycles. The van der Waals surface area contributed by atoms with E-state index in [-0.39, 0.29) is 0 Å². The number of hydrogen-bond donors (Lipinski definition) is 1. The zero-order valence-corrected chi connectivity index (χ0v) is 8.87. The van der Waals surface area contributed by atoms with Crippen LogP contribution in [0.5, 0.6) is 0 Å². The van der Waals surface area contributed by atoms with Crippen molar-refractivity contribution in [2.45, 2.75) is 18.9 Å². The standard InChI is InChI=1S/C10H10N4S/c1-2-7-3-4-8(10(7)11-5-1)13-9-6-12-14-15-9/h1-2,5-6,8,13H,3-4H2. The third kappa shape index (κ3) is 1.59. The Morgan fingerprint density at radius 3 is 3.33 bits per heavy atom. The van der Waals surface area contributed by atoms with E-state index >= 15 is 0 Å². The van der Waals surface area contributed by atoms with E-state index in [4.69, 9.17) is 0 Å². The van der Waals surface area contributed by atoms with Crippen LogP contribution in [0.1, 0.15) is 23.7 Å². The molecule has 0 aliphatic heterocycles. The second-order valence-electron chi connectivity index (χ2n) is 3.57. The summed E-state index contributed by atoms with van der Waals surface area (Å²) in [5, 5.41) is 8.23. The molecule has 2 aromatic heterocycles. The van der Waals surface area contributed by atoms with Gasteiger partial charge in [0.25, 0.3) is 0 Å². The minimum atomic E-state index is 0.323. The number of aromatic nitrogens is 3. The summed E-state index contributed by atoms with van der Waals surface area (Å²) in [5.74, 6) is 0. The van der Waals surface area contributed by atoms with Crippen LogP contribution in [0.2, 0.25) is 0 Å². The summed E-state index contributed by atoms with van der Waals surface area (Å²) in [5.41, 5.74) is 2.53. The quantitative estimate of drug-likeness (QED) is 0.838. The molecule has 76 valence electrons. The summed E-state index contributed by atoms with van der Waals surface area (Å²) < 4.78 is 3.83. The summed E-state index contributed by atoms with van der Waals surface area (Å²) in [6, 6.07) is 4.47. The fraction of sp³-hybridized carbons (Fsp3) is 0.300. The number of anilines is 1. The number of nitrogens with one attached hydrogen (secondary N) is 1. The Morgan fingerprint density at radius 1 is 1.47 bits per heavy atom. The van der Waals surface area contributed by atoms with Gasteiger partial charge < -0.3 is 5.32 Å². The molecule has 3 rings (SSSR count). The minimum Gasteiger partial charge on any atom is -0.366 e. The molecule has 15 heavy (non-hydrogen) atoms. The van der Waals surface area contributed by atoms with Gasteiger partial charge in [0.05, 0.1) is 17.9 Å². The van der Waals surface area contributed by atoms with Crippen LogP contribution < -0.4 is 5.32 Å². The van der Waals surface area contributed by atoms with Crippen molar-refractivity contribution in [1.29, 1.82) is 0 Å². The van der Waals surface area contributed by atoms with Crippen molar-refractivity contribution in [3.8, 4) is 0 Å². The molecule has 5 heteroatoms. The molecule has 0 amide bonds. The summed E-state index contributed by atoms with van der Waals surface area (Å²) in [6.45, 7) is 0. The molecule has 0 fully saturated rings. The molecule has 0 bridgehead atoms. The molecule has 1 aliphatic rings. The highest BCUT2D eigenvalue weighted by Gasteiger charge is 2.23. The van der Waals surface area contributed by atoms with Crippen LogP contribution in [0.3, 0.4) is 0 Å². The van der Waals surface area contributed by atoms with Gasteiger partial charge in [-0.25, -0.2) is 0 Å². The van der Waals surface area contributed by atoms with Crippen LogP contribution in [-0.2, 0) is 6.42 Å². The topological polar surface area (TPSA) is 50.7 Å². The molecular formula is C10H10N4S. The van der Waals surface area contributed by atoms with Crippen LogP contribution in [0.4, 0.5) is 5.00 Å². The number of hydrogen-bond acceptors (Lipinski definition) is 5. The number of aryl methyl sites for hydroxylation is 1. The van der Waals surface area contributed by atoms with E-state index in [0.29, 0.717) is 6.04 Å². The van der Waals surface area contributed by atoms with Crippen LogP contribution in [0, 0.1) is 0 Å². The highest BCUT2D eigenvalue weighted by atomic mass is 32.1. The Kier molecular flexibility index (Phi) is 2.10. The first-order chi connectivity index (χ1) is 7.43. The second-order valence-corrected chi connectivity index (χ2v) is 4.35. The normalized spacial score (nSPS) is 18.8. The molecule has 0 spiro atoms. The van der Waals surface area contributed by atoms with E-state index < -0.39 is 0 Å². The highest BCUT2D eigenvalue weighted by Crippen LogP contribution is 2.32. The van der Waals surface area contributed by atoms with Gasteiger partial charge in [0, 0.05) is 17.7 Å². The fourth-order valence-corrected chi connectivity index (χ4v) is 2.43. The molecule has 0 aromatic carbocycles. The van der Waals surface area contributed by atoms with Gasteiger partial charge in [0.15, 0.2) is 0 Å². The number of nitrogens with zero attached hydrogens (tertiary/aromatic N) is 3. The van der Waals surface area contributed by atoms with Gasteiger partial charge >= 0.3 is 0 Å². The molecule has 0 radical (unpaired) electrons. The molecule has 2 aromatic rings. The van der Waals surface area contributed by atoms with Crippen LogP contribution in [0.15, 0.2) is 24.5 Å². The molecule has 1 atom stereocenters. The smallest absolute Gasteiger partial charge is 0.130 e. The van der Waals surface area contributed by atoms with Crippen molar-refractivity contribution in [3.63, 3.8) is 0 Å². The SMILES string of the molecule is c1cnc2c(c1)CCC2Nc1cnns1. The van der Waals surface area contributed by atoms with Crippen LogP contribution in [-0.4, -0.2) is 14.6 Å². The Morgan fingerprint density at radius 2 is 2.47 bits per heavy atom. The van der Waals surface area contributed by atoms with E-state index in [1.165, 1.54) is 22.8 Å². The lowest BCUT2D eigenvalue weighted by Gasteiger charge is -2.11. The van der Waals surface area contributed by atoms with Crippen molar-refractivity contribution in [3.05, 3.63) is 35.8 Å². The average molecular weight is 218 g/mol. The van der Waals surface area contributed by atoms with Crippen LogP contribution >= 0.6 is 11.5 Å². The first-order valence-corrected chi connectivity index (χ1v) is 5.68. The maximum atomic E-state index is 4.42. The van der Waals surface area contributed by atoms with E-state index in [2.05, 4.69) is 26.0 Å². The molecule has 1 unspecified atom stereocenters. The summed E-state index contributed by atoms with van der Waals surface area (Å²) in [4.78, 5) is 4.42. The predicted octanol–water partition coefficient (Wildman–Crippen LogP) is 2.03. The summed E-state index contributed by atoms with van der Waals surface area (Å²) >= 11 is 1.38. The Labute approximate surface area is 91.5 Å². The van der Waals surface area contributed by atoms with Gasteiger partial charge in [-0.15, -0.1) is 5.10 Å². The van der Waals surface area contributed by atoms with Crippen molar-refractivity contribution < 1.29 is 0 Å². The zero-order chi connectivity index (χ0) is 10.1. The lowest BCUT2D eigenvalue weighted by Crippen LogP contribution is -2.07. The molecule has 1 aliphatic carbocycles. The minimum absolute atomic E-state index is 0.323. The van der Waals surface area contributed by atoms with E-state index in [1.807, 2.05) is 12.3 Å². The molecule has 0 saturated heterocycles. The zero-order valence-electron chi connectivity index (χ0n) is 8.05. The maximum absolute atomic E-state index is 4.42. The Bertz CT molecular complexity index is 454. The van der Waals surface area contributed by atoms with Crippen LogP contribution in [0.25, 0.3) is 0 Å². The van der Waals surface area contributed by atoms with Gasteiger partial charge in [-0.05, 0) is 24.5 Å². The maximum Gasteiger partial charge on any atom is 0.130 e. The number of rotatable bonds is 2. The molecule has 4 nitrogen and oxygen atoms in total. The van der Waals surface area contributed by atoms with E-state index in [1.54, 1.807) is 6.20 Å². The molecular weight excluding hydrogens is 208 g/mol. The van der Waals surface area contributed by atoms with E-state index in [0.717, 1.165) is 17.8 Å². The predicted molar refractivity (Wildman–Crippen MR) is 58.8 cm³/mol. The van der Waals surface area contributed by atoms with Crippen molar-refractivity contribution in [1.82, 2.24) is 14.6 Å².